The summed E-state index contributed by atoms with van der Waals surface area (Å²) in [6.07, 6.45) is 3.27. The Balaban J connectivity index is 2.17. The molecule has 1 saturated heterocycles. The van der Waals surface area contributed by atoms with E-state index in [1.54, 1.807) is 6.07 Å². The second-order valence-electron chi connectivity index (χ2n) is 6.07. The molecule has 0 aromatic heterocycles. The van der Waals surface area contributed by atoms with E-state index in [0.717, 1.165) is 37.9 Å². The number of rotatable bonds is 5. The second-order valence-corrected chi connectivity index (χ2v) is 6.51. The molecule has 2 rings (SSSR count). The van der Waals surface area contributed by atoms with E-state index in [9.17, 15) is 4.39 Å². The van der Waals surface area contributed by atoms with Crippen LogP contribution in [-0.4, -0.2) is 29.6 Å². The lowest BCUT2D eigenvalue weighted by Crippen LogP contribution is -2.63. The Morgan fingerprint density at radius 2 is 2.05 bits per heavy atom. The molecule has 1 aromatic carbocycles. The average molecular weight is 313 g/mol. The topological polar surface area (TPSA) is 15.3 Å². The van der Waals surface area contributed by atoms with Gasteiger partial charge in [-0.2, -0.15) is 0 Å². The lowest BCUT2D eigenvalue weighted by atomic mass is 9.88. The fraction of sp³-hybridized carbons (Fsp3) is 0.647. The van der Waals surface area contributed by atoms with Crippen LogP contribution in [0.3, 0.4) is 0 Å². The van der Waals surface area contributed by atoms with E-state index in [-0.39, 0.29) is 11.4 Å². The highest BCUT2D eigenvalue weighted by Gasteiger charge is 2.36. The molecule has 0 bridgehead atoms. The highest BCUT2D eigenvalue weighted by molar-refractivity contribution is 6.30. The Morgan fingerprint density at radius 1 is 1.33 bits per heavy atom. The Morgan fingerprint density at radius 3 is 2.62 bits per heavy atom. The first kappa shape index (κ1) is 16.7. The summed E-state index contributed by atoms with van der Waals surface area (Å²) < 4.78 is 14.1. The Hall–Kier alpha value is -0.640. The van der Waals surface area contributed by atoms with Crippen molar-refractivity contribution in [3.05, 3.63) is 34.6 Å². The fourth-order valence-corrected chi connectivity index (χ4v) is 3.38. The molecule has 1 aliphatic heterocycles. The minimum Gasteiger partial charge on any atom is -0.308 e. The lowest BCUT2D eigenvalue weighted by Gasteiger charge is -2.47. The minimum atomic E-state index is -0.200. The van der Waals surface area contributed by atoms with Crippen molar-refractivity contribution in [1.82, 2.24) is 10.2 Å². The predicted molar refractivity (Wildman–Crippen MR) is 87.2 cm³/mol. The SMILES string of the molecule is CCC1CNC(CC)(CC)CN1Cc1ccc(Cl)cc1F. The Bertz CT molecular complexity index is 474. The number of nitrogens with zero attached hydrogens (tertiary/aromatic N) is 1. The number of piperazine rings is 1. The fourth-order valence-electron chi connectivity index (χ4n) is 3.22. The molecule has 0 radical (unpaired) electrons. The van der Waals surface area contributed by atoms with E-state index < -0.39 is 0 Å². The first-order chi connectivity index (χ1) is 10.0. The molecule has 1 atom stereocenters. The van der Waals surface area contributed by atoms with Gasteiger partial charge in [-0.15, -0.1) is 0 Å². The van der Waals surface area contributed by atoms with E-state index in [1.165, 1.54) is 6.07 Å². The normalized spacial score (nSPS) is 22.4. The van der Waals surface area contributed by atoms with Crippen LogP contribution >= 0.6 is 11.6 Å². The number of hydrogen-bond acceptors (Lipinski definition) is 2. The van der Waals surface area contributed by atoms with Crippen LogP contribution in [0.15, 0.2) is 18.2 Å². The molecule has 118 valence electrons. The van der Waals surface area contributed by atoms with Gasteiger partial charge in [0.2, 0.25) is 0 Å². The Kier molecular flexibility index (Phi) is 5.64. The molecule has 4 heteroatoms. The predicted octanol–water partition coefficient (Wildman–Crippen LogP) is 4.22. The van der Waals surface area contributed by atoms with Crippen LogP contribution in [0, 0.1) is 5.82 Å². The van der Waals surface area contributed by atoms with Gasteiger partial charge in [0, 0.05) is 41.8 Å². The van der Waals surface area contributed by atoms with Crippen LogP contribution in [0.1, 0.15) is 45.6 Å². The van der Waals surface area contributed by atoms with Gasteiger partial charge >= 0.3 is 0 Å². The van der Waals surface area contributed by atoms with Crippen LogP contribution in [0.4, 0.5) is 4.39 Å². The summed E-state index contributed by atoms with van der Waals surface area (Å²) in [6.45, 7) is 9.26. The maximum Gasteiger partial charge on any atom is 0.129 e. The van der Waals surface area contributed by atoms with E-state index in [2.05, 4.69) is 31.0 Å². The van der Waals surface area contributed by atoms with Gasteiger partial charge in [0.15, 0.2) is 0 Å². The van der Waals surface area contributed by atoms with Crippen molar-refractivity contribution in [1.29, 1.82) is 0 Å². The van der Waals surface area contributed by atoms with Crippen molar-refractivity contribution in [2.45, 2.75) is 58.2 Å². The quantitative estimate of drug-likeness (QED) is 0.875. The molecule has 1 aromatic rings. The second kappa shape index (κ2) is 7.08. The van der Waals surface area contributed by atoms with Crippen molar-refractivity contribution < 1.29 is 4.39 Å². The van der Waals surface area contributed by atoms with E-state index >= 15 is 0 Å². The number of benzene rings is 1. The average Bonchev–Trinajstić information content (AvgIpc) is 2.50. The summed E-state index contributed by atoms with van der Waals surface area (Å²) in [5, 5.41) is 4.17. The first-order valence-electron chi connectivity index (χ1n) is 7.96. The molecule has 1 heterocycles. The Labute approximate surface area is 132 Å². The van der Waals surface area contributed by atoms with Crippen molar-refractivity contribution in [2.75, 3.05) is 13.1 Å². The van der Waals surface area contributed by atoms with Crippen molar-refractivity contribution in [2.24, 2.45) is 0 Å². The number of nitrogens with one attached hydrogen (secondary N) is 1. The van der Waals surface area contributed by atoms with E-state index in [1.807, 2.05) is 6.07 Å². The third-order valence-corrected chi connectivity index (χ3v) is 5.18. The van der Waals surface area contributed by atoms with Crippen LogP contribution in [0.2, 0.25) is 5.02 Å². The van der Waals surface area contributed by atoms with E-state index in [4.69, 9.17) is 11.6 Å². The minimum absolute atomic E-state index is 0.161. The van der Waals surface area contributed by atoms with Gasteiger partial charge in [-0.1, -0.05) is 38.4 Å². The van der Waals surface area contributed by atoms with E-state index in [0.29, 0.717) is 17.6 Å². The zero-order valence-electron chi connectivity index (χ0n) is 13.3. The largest absolute Gasteiger partial charge is 0.308 e. The number of hydrogen-bond donors (Lipinski definition) is 1. The standard InChI is InChI=1S/C17H26ClFN2/c1-4-15-10-20-17(5-2,6-3)12-21(15)11-13-7-8-14(18)9-16(13)19/h7-9,15,20H,4-6,10-12H2,1-3H3. The molecule has 0 aliphatic carbocycles. The molecule has 0 saturated carbocycles. The van der Waals surface area contributed by atoms with Gasteiger partial charge in [0.25, 0.3) is 0 Å². The van der Waals surface area contributed by atoms with Gasteiger partial charge in [0.1, 0.15) is 5.82 Å². The summed E-state index contributed by atoms with van der Waals surface area (Å²) in [7, 11) is 0. The zero-order chi connectivity index (χ0) is 15.5. The molecular formula is C17H26ClFN2. The highest BCUT2D eigenvalue weighted by Crippen LogP contribution is 2.26. The third-order valence-electron chi connectivity index (χ3n) is 4.95. The van der Waals surface area contributed by atoms with Crippen molar-refractivity contribution in [3.63, 3.8) is 0 Å². The van der Waals surface area contributed by atoms with Crippen LogP contribution < -0.4 is 5.32 Å². The van der Waals surface area contributed by atoms with Gasteiger partial charge in [-0.3, -0.25) is 4.90 Å². The lowest BCUT2D eigenvalue weighted by molar-refractivity contribution is 0.0635. The molecule has 1 unspecified atom stereocenters. The van der Waals surface area contributed by atoms with Crippen molar-refractivity contribution >= 4 is 11.6 Å². The maximum absolute atomic E-state index is 14.1. The first-order valence-corrected chi connectivity index (χ1v) is 8.34. The molecule has 0 spiro atoms. The molecule has 1 N–H and O–H groups in total. The van der Waals surface area contributed by atoms with Crippen LogP contribution in [0.5, 0.6) is 0 Å². The van der Waals surface area contributed by atoms with Gasteiger partial charge in [0.05, 0.1) is 0 Å². The maximum atomic E-state index is 14.1. The van der Waals surface area contributed by atoms with Crippen molar-refractivity contribution in [3.8, 4) is 0 Å². The summed E-state index contributed by atoms with van der Waals surface area (Å²) >= 11 is 5.84. The van der Waals surface area contributed by atoms with Gasteiger partial charge in [-0.05, 0) is 31.4 Å². The summed E-state index contributed by atoms with van der Waals surface area (Å²) in [4.78, 5) is 2.43. The van der Waals surface area contributed by atoms with Crippen LogP contribution in [-0.2, 0) is 6.54 Å². The molecular weight excluding hydrogens is 287 g/mol. The zero-order valence-corrected chi connectivity index (χ0v) is 14.0. The molecule has 2 nitrogen and oxygen atoms in total. The molecule has 1 aliphatic rings. The molecule has 1 fully saturated rings. The van der Waals surface area contributed by atoms with Gasteiger partial charge in [-0.25, -0.2) is 4.39 Å². The monoisotopic (exact) mass is 312 g/mol. The summed E-state index contributed by atoms with van der Waals surface area (Å²) in [6, 6.07) is 5.46. The molecule has 21 heavy (non-hydrogen) atoms. The third kappa shape index (κ3) is 3.77. The van der Waals surface area contributed by atoms with Crippen LogP contribution in [0.25, 0.3) is 0 Å². The highest BCUT2D eigenvalue weighted by atomic mass is 35.5. The number of halogens is 2. The van der Waals surface area contributed by atoms with Gasteiger partial charge < -0.3 is 5.32 Å². The molecule has 0 amide bonds. The smallest absolute Gasteiger partial charge is 0.129 e. The summed E-state index contributed by atoms with van der Waals surface area (Å²) in [5.41, 5.74) is 0.898. The summed E-state index contributed by atoms with van der Waals surface area (Å²) in [5.74, 6) is -0.200.